The van der Waals surface area contributed by atoms with Gasteiger partial charge in [0.15, 0.2) is 11.8 Å². The first-order valence-corrected chi connectivity index (χ1v) is 7.32. The minimum Gasteiger partial charge on any atom is -0.468 e. The van der Waals surface area contributed by atoms with Crippen molar-refractivity contribution in [2.24, 2.45) is 0 Å². The highest BCUT2D eigenvalue weighted by atomic mass is 16.6. The van der Waals surface area contributed by atoms with Gasteiger partial charge in [-0.05, 0) is 11.6 Å². The van der Waals surface area contributed by atoms with E-state index in [1.54, 1.807) is 0 Å². The van der Waals surface area contributed by atoms with Gasteiger partial charge in [0.05, 0.1) is 38.9 Å². The molecule has 1 aromatic carbocycles. The van der Waals surface area contributed by atoms with E-state index in [4.69, 9.17) is 0 Å². The molecule has 0 spiro atoms. The highest BCUT2D eigenvalue weighted by Crippen LogP contribution is 2.32. The zero-order valence-electron chi connectivity index (χ0n) is 14.9. The standard InChI is InChI=1S/C16H17NO10/c1-24-13(18)11(14(19)25-2)8-5-6-10(17(22)23)9(7-8)12(15(20)26-3)16(21)27-4/h5-7,11-12H,1-4H3. The third-order valence-corrected chi connectivity index (χ3v) is 3.64. The Hall–Kier alpha value is -3.50. The van der Waals surface area contributed by atoms with Gasteiger partial charge in [0.2, 0.25) is 0 Å². The van der Waals surface area contributed by atoms with Crippen LogP contribution in [0, 0.1) is 10.1 Å². The van der Waals surface area contributed by atoms with Gasteiger partial charge in [-0.15, -0.1) is 0 Å². The number of methoxy groups -OCH3 is 4. The van der Waals surface area contributed by atoms with Gasteiger partial charge in [-0.3, -0.25) is 29.3 Å². The zero-order chi connectivity index (χ0) is 20.7. The number of carbonyl (C=O) groups is 4. The van der Waals surface area contributed by atoms with Crippen LogP contribution in [0.1, 0.15) is 23.0 Å². The van der Waals surface area contributed by atoms with Gasteiger partial charge in [0, 0.05) is 6.07 Å². The van der Waals surface area contributed by atoms with E-state index in [0.717, 1.165) is 46.6 Å². The number of carbonyl (C=O) groups excluding carboxylic acids is 4. The molecule has 146 valence electrons. The smallest absolute Gasteiger partial charge is 0.324 e. The quantitative estimate of drug-likeness (QED) is 0.214. The lowest BCUT2D eigenvalue weighted by Gasteiger charge is -2.17. The second-order valence-corrected chi connectivity index (χ2v) is 5.03. The van der Waals surface area contributed by atoms with Crippen LogP contribution < -0.4 is 0 Å². The molecule has 0 aromatic heterocycles. The Bertz CT molecular complexity index is 740. The van der Waals surface area contributed by atoms with Crippen molar-refractivity contribution in [3.63, 3.8) is 0 Å². The fourth-order valence-corrected chi connectivity index (χ4v) is 2.34. The van der Waals surface area contributed by atoms with Crippen LogP contribution in [-0.4, -0.2) is 57.2 Å². The molecule has 0 bridgehead atoms. The van der Waals surface area contributed by atoms with E-state index >= 15 is 0 Å². The predicted octanol–water partition coefficient (Wildman–Crippen LogP) is 0.454. The molecule has 0 atom stereocenters. The molecule has 0 aliphatic heterocycles. The van der Waals surface area contributed by atoms with E-state index in [-0.39, 0.29) is 5.56 Å². The summed E-state index contributed by atoms with van der Waals surface area (Å²) in [7, 11) is 4.05. The van der Waals surface area contributed by atoms with Gasteiger partial charge in [-0.1, -0.05) is 6.07 Å². The molecule has 0 unspecified atom stereocenters. The lowest BCUT2D eigenvalue weighted by molar-refractivity contribution is -0.385. The highest BCUT2D eigenvalue weighted by molar-refractivity contribution is 6.03. The zero-order valence-corrected chi connectivity index (χ0v) is 14.9. The van der Waals surface area contributed by atoms with E-state index < -0.39 is 51.9 Å². The van der Waals surface area contributed by atoms with Crippen LogP contribution in [0.15, 0.2) is 18.2 Å². The Balaban J connectivity index is 3.70. The fraction of sp³-hybridized carbons (Fsp3) is 0.375. The molecule has 1 aromatic rings. The van der Waals surface area contributed by atoms with Crippen molar-refractivity contribution in [3.05, 3.63) is 39.4 Å². The van der Waals surface area contributed by atoms with Crippen LogP contribution >= 0.6 is 0 Å². The average Bonchev–Trinajstić information content (AvgIpc) is 2.67. The van der Waals surface area contributed by atoms with Gasteiger partial charge in [-0.2, -0.15) is 0 Å². The Kier molecular flexibility index (Phi) is 7.39. The maximum absolute atomic E-state index is 12.0. The Morgan fingerprint density at radius 1 is 0.815 bits per heavy atom. The average molecular weight is 383 g/mol. The summed E-state index contributed by atoms with van der Waals surface area (Å²) >= 11 is 0. The molecule has 11 nitrogen and oxygen atoms in total. The molecule has 1 rings (SSSR count). The SMILES string of the molecule is COC(=O)C(C(=O)OC)c1ccc([N+](=O)[O-])c(C(C(=O)OC)C(=O)OC)c1. The molecule has 0 fully saturated rings. The third kappa shape index (κ3) is 4.57. The Morgan fingerprint density at radius 3 is 1.59 bits per heavy atom. The van der Waals surface area contributed by atoms with Crippen molar-refractivity contribution >= 4 is 29.6 Å². The topological polar surface area (TPSA) is 148 Å². The minimum atomic E-state index is -1.80. The fourth-order valence-electron chi connectivity index (χ4n) is 2.34. The van der Waals surface area contributed by atoms with Crippen LogP contribution in [0.25, 0.3) is 0 Å². The van der Waals surface area contributed by atoms with Crippen LogP contribution in [0.2, 0.25) is 0 Å². The van der Waals surface area contributed by atoms with Crippen molar-refractivity contribution < 1.29 is 43.0 Å². The minimum absolute atomic E-state index is 0.0768. The first-order valence-electron chi connectivity index (χ1n) is 7.32. The largest absolute Gasteiger partial charge is 0.468 e. The van der Waals surface area contributed by atoms with Crippen molar-refractivity contribution in [2.75, 3.05) is 28.4 Å². The van der Waals surface area contributed by atoms with E-state index in [9.17, 15) is 29.3 Å². The maximum atomic E-state index is 12.0. The third-order valence-electron chi connectivity index (χ3n) is 3.64. The highest BCUT2D eigenvalue weighted by Gasteiger charge is 2.38. The summed E-state index contributed by atoms with van der Waals surface area (Å²) in [5.41, 5.74) is -1.09. The number of benzene rings is 1. The van der Waals surface area contributed by atoms with Gasteiger partial charge >= 0.3 is 23.9 Å². The molecule has 0 heterocycles. The number of esters is 4. The number of ether oxygens (including phenoxy) is 4. The first-order chi connectivity index (χ1) is 12.7. The van der Waals surface area contributed by atoms with Gasteiger partial charge in [0.1, 0.15) is 0 Å². The molecule has 0 amide bonds. The summed E-state index contributed by atoms with van der Waals surface area (Å²) in [6.45, 7) is 0. The van der Waals surface area contributed by atoms with Gasteiger partial charge in [0.25, 0.3) is 5.69 Å². The van der Waals surface area contributed by atoms with Crippen LogP contribution in [0.4, 0.5) is 5.69 Å². The predicted molar refractivity (Wildman–Crippen MR) is 86.6 cm³/mol. The normalized spacial score (nSPS) is 10.3. The Morgan fingerprint density at radius 2 is 1.22 bits per heavy atom. The van der Waals surface area contributed by atoms with Crippen LogP contribution in [-0.2, 0) is 38.1 Å². The summed E-state index contributed by atoms with van der Waals surface area (Å²) in [4.78, 5) is 58.4. The summed E-state index contributed by atoms with van der Waals surface area (Å²) in [6, 6.07) is 3.06. The van der Waals surface area contributed by atoms with Crippen molar-refractivity contribution in [2.45, 2.75) is 11.8 Å². The second kappa shape index (κ2) is 9.27. The van der Waals surface area contributed by atoms with E-state index in [1.807, 2.05) is 0 Å². The maximum Gasteiger partial charge on any atom is 0.324 e. The molecule has 0 saturated carbocycles. The number of nitro benzene ring substituents is 1. The van der Waals surface area contributed by atoms with Gasteiger partial charge in [-0.25, -0.2) is 0 Å². The number of rotatable bonds is 7. The molecule has 0 aliphatic rings. The summed E-state index contributed by atoms with van der Waals surface area (Å²) in [5, 5.41) is 11.3. The summed E-state index contributed by atoms with van der Waals surface area (Å²) in [5.74, 6) is -7.58. The number of nitrogens with zero attached hydrogens (tertiary/aromatic N) is 1. The molecular weight excluding hydrogens is 366 g/mol. The van der Waals surface area contributed by atoms with Crippen molar-refractivity contribution in [1.82, 2.24) is 0 Å². The summed E-state index contributed by atoms with van der Waals surface area (Å²) < 4.78 is 18.1. The lowest BCUT2D eigenvalue weighted by Crippen LogP contribution is -2.27. The molecular formula is C16H17NO10. The lowest BCUT2D eigenvalue weighted by atomic mass is 9.90. The Labute approximate surface area is 153 Å². The molecule has 0 radical (unpaired) electrons. The monoisotopic (exact) mass is 383 g/mol. The number of hydrogen-bond donors (Lipinski definition) is 0. The van der Waals surface area contributed by atoms with Crippen LogP contribution in [0.5, 0.6) is 0 Å². The molecule has 27 heavy (non-hydrogen) atoms. The molecule has 11 heteroatoms. The second-order valence-electron chi connectivity index (χ2n) is 5.03. The van der Waals surface area contributed by atoms with Crippen molar-refractivity contribution in [3.8, 4) is 0 Å². The molecule has 0 saturated heterocycles. The molecule has 0 aliphatic carbocycles. The number of hydrogen-bond acceptors (Lipinski definition) is 10. The first kappa shape index (κ1) is 21.5. The van der Waals surface area contributed by atoms with Crippen molar-refractivity contribution in [1.29, 1.82) is 0 Å². The van der Waals surface area contributed by atoms with Gasteiger partial charge < -0.3 is 18.9 Å². The summed E-state index contributed by atoms with van der Waals surface area (Å²) in [6.07, 6.45) is 0. The van der Waals surface area contributed by atoms with E-state index in [0.29, 0.717) is 0 Å². The van der Waals surface area contributed by atoms with E-state index in [1.165, 1.54) is 0 Å². The number of nitro groups is 1. The van der Waals surface area contributed by atoms with E-state index in [2.05, 4.69) is 18.9 Å². The van der Waals surface area contributed by atoms with Crippen LogP contribution in [0.3, 0.4) is 0 Å². The molecule has 0 N–H and O–H groups in total.